The molecule has 2 aliphatic rings. The molecule has 27 heavy (non-hydrogen) atoms. The first-order valence-electron chi connectivity index (χ1n) is 9.28. The number of urea groups is 1. The van der Waals surface area contributed by atoms with Crippen molar-refractivity contribution >= 4 is 11.9 Å². The second-order valence-corrected chi connectivity index (χ2v) is 7.18. The van der Waals surface area contributed by atoms with Crippen LogP contribution in [-0.2, 0) is 9.53 Å². The summed E-state index contributed by atoms with van der Waals surface area (Å²) in [6.45, 7) is 9.75. The van der Waals surface area contributed by atoms with Gasteiger partial charge in [-0.3, -0.25) is 9.69 Å². The molecule has 1 unspecified atom stereocenters. The van der Waals surface area contributed by atoms with Gasteiger partial charge < -0.3 is 15.0 Å². The molecule has 0 saturated heterocycles. The second kappa shape index (κ2) is 7.96. The van der Waals surface area contributed by atoms with Crippen LogP contribution in [0, 0.1) is 0 Å². The molecule has 144 valence electrons. The monoisotopic (exact) mass is 369 g/mol. The number of ether oxygens (including phenoxy) is 1. The first-order chi connectivity index (χ1) is 13.0. The van der Waals surface area contributed by atoms with Crippen LogP contribution in [0.1, 0.15) is 36.9 Å². The zero-order valence-corrected chi connectivity index (χ0v) is 16.2. The van der Waals surface area contributed by atoms with Crippen LogP contribution in [0.5, 0.6) is 0 Å². The third-order valence-corrected chi connectivity index (χ3v) is 5.11. The van der Waals surface area contributed by atoms with Crippen LogP contribution in [-0.4, -0.2) is 55.1 Å². The molecule has 6 nitrogen and oxygen atoms in total. The molecule has 1 atom stereocenters. The number of hydrogen-bond acceptors (Lipinski definition) is 3. The Balaban J connectivity index is 1.97. The number of methoxy groups -OCH3 is 1. The van der Waals surface area contributed by atoms with Crippen LogP contribution in [0.15, 0.2) is 48.2 Å². The van der Waals surface area contributed by atoms with Crippen molar-refractivity contribution in [2.24, 2.45) is 0 Å². The molecule has 2 heterocycles. The number of hydrogen-bond donors (Lipinski definition) is 1. The molecule has 0 saturated carbocycles. The zero-order valence-electron chi connectivity index (χ0n) is 16.2. The van der Waals surface area contributed by atoms with Gasteiger partial charge in [0.25, 0.3) is 5.91 Å². The third kappa shape index (κ3) is 3.62. The topological polar surface area (TPSA) is 61.9 Å². The Morgan fingerprint density at radius 1 is 1.30 bits per heavy atom. The molecule has 2 aliphatic heterocycles. The van der Waals surface area contributed by atoms with Crippen molar-refractivity contribution in [3.63, 3.8) is 0 Å². The van der Waals surface area contributed by atoms with Crippen LogP contribution in [0.3, 0.4) is 0 Å². The molecule has 0 fully saturated rings. The Kier molecular flexibility index (Phi) is 5.65. The summed E-state index contributed by atoms with van der Waals surface area (Å²) in [6, 6.07) is 7.48. The van der Waals surface area contributed by atoms with Gasteiger partial charge in [0.15, 0.2) is 0 Å². The quantitative estimate of drug-likeness (QED) is 0.752. The van der Waals surface area contributed by atoms with Crippen molar-refractivity contribution in [1.29, 1.82) is 0 Å². The minimum absolute atomic E-state index is 0.0472. The highest BCUT2D eigenvalue weighted by Gasteiger charge is 2.43. The lowest BCUT2D eigenvalue weighted by molar-refractivity contribution is -0.126. The fourth-order valence-corrected chi connectivity index (χ4v) is 3.58. The summed E-state index contributed by atoms with van der Waals surface area (Å²) in [5.41, 5.74) is 3.55. The number of nitrogens with one attached hydrogen (secondary N) is 1. The molecule has 6 heteroatoms. The summed E-state index contributed by atoms with van der Waals surface area (Å²) in [7, 11) is 1.61. The van der Waals surface area contributed by atoms with Crippen LogP contribution >= 0.6 is 0 Å². The molecule has 0 aromatic heterocycles. The number of amides is 3. The first-order valence-corrected chi connectivity index (χ1v) is 9.28. The molecule has 0 bridgehead atoms. The van der Waals surface area contributed by atoms with Gasteiger partial charge >= 0.3 is 6.03 Å². The molecule has 3 rings (SSSR count). The van der Waals surface area contributed by atoms with E-state index in [1.54, 1.807) is 23.0 Å². The molecule has 1 aromatic carbocycles. The van der Waals surface area contributed by atoms with Gasteiger partial charge in [0.1, 0.15) is 0 Å². The number of rotatable bonds is 7. The number of nitrogens with zero attached hydrogens (tertiary/aromatic N) is 2. The average Bonchev–Trinajstić information content (AvgIpc) is 2.98. The van der Waals surface area contributed by atoms with Crippen molar-refractivity contribution < 1.29 is 14.3 Å². The number of carbonyl (C=O) groups excluding carboxylic acids is 2. The molecular formula is C21H27N3O3. The van der Waals surface area contributed by atoms with Crippen LogP contribution < -0.4 is 5.32 Å². The van der Waals surface area contributed by atoms with Crippen molar-refractivity contribution in [3.05, 3.63) is 59.3 Å². The maximum Gasteiger partial charge on any atom is 0.322 e. The van der Waals surface area contributed by atoms with E-state index in [4.69, 9.17) is 4.74 Å². The Bertz CT molecular complexity index is 767. The molecular weight excluding hydrogens is 342 g/mol. The predicted octanol–water partition coefficient (Wildman–Crippen LogP) is 2.81. The number of carbonyl (C=O) groups is 2. The van der Waals surface area contributed by atoms with Crippen LogP contribution in [0.25, 0.3) is 0 Å². The van der Waals surface area contributed by atoms with Gasteiger partial charge in [-0.1, -0.05) is 44.2 Å². The molecule has 1 N–H and O–H groups in total. The Morgan fingerprint density at radius 2 is 2.00 bits per heavy atom. The maximum atomic E-state index is 13.1. The van der Waals surface area contributed by atoms with Crippen LogP contribution in [0.4, 0.5) is 4.79 Å². The Morgan fingerprint density at radius 3 is 2.59 bits per heavy atom. The van der Waals surface area contributed by atoms with E-state index in [9.17, 15) is 9.59 Å². The predicted molar refractivity (Wildman–Crippen MR) is 104 cm³/mol. The van der Waals surface area contributed by atoms with Gasteiger partial charge in [0.05, 0.1) is 30.5 Å². The van der Waals surface area contributed by atoms with E-state index in [-0.39, 0.29) is 11.9 Å². The maximum absolute atomic E-state index is 13.1. The SMILES string of the molecule is C=CCN1C(=O)NC(c2ccc(C(C)C)cc2)C2=C1CN(CCOC)C2=O. The van der Waals surface area contributed by atoms with E-state index >= 15 is 0 Å². The smallest absolute Gasteiger partial charge is 0.322 e. The van der Waals surface area contributed by atoms with E-state index in [1.165, 1.54) is 5.56 Å². The summed E-state index contributed by atoms with van der Waals surface area (Å²) in [6.07, 6.45) is 1.67. The standard InChI is InChI=1S/C21H27N3O3/c1-5-10-24-17-13-23(11-12-27-4)20(25)18(17)19(22-21(24)26)16-8-6-15(7-9-16)14(2)3/h5-9,14,19H,1,10-13H2,2-4H3,(H,22,26). The normalized spacial score (nSPS) is 19.6. The zero-order chi connectivity index (χ0) is 19.6. The highest BCUT2D eigenvalue weighted by Crippen LogP contribution is 2.36. The van der Waals surface area contributed by atoms with E-state index < -0.39 is 6.04 Å². The van der Waals surface area contributed by atoms with Crippen molar-refractivity contribution in [1.82, 2.24) is 15.1 Å². The molecule has 3 amide bonds. The first kappa shape index (κ1) is 19.2. The highest BCUT2D eigenvalue weighted by atomic mass is 16.5. The van der Waals surface area contributed by atoms with E-state index in [0.717, 1.165) is 11.3 Å². The minimum atomic E-state index is -0.435. The van der Waals surface area contributed by atoms with Crippen molar-refractivity contribution in [3.8, 4) is 0 Å². The van der Waals surface area contributed by atoms with E-state index in [2.05, 4.69) is 37.9 Å². The van der Waals surface area contributed by atoms with Crippen molar-refractivity contribution in [2.45, 2.75) is 25.8 Å². The lowest BCUT2D eigenvalue weighted by Crippen LogP contribution is -2.47. The van der Waals surface area contributed by atoms with Gasteiger partial charge in [-0.25, -0.2) is 4.79 Å². The average molecular weight is 369 g/mol. The molecule has 1 aromatic rings. The molecule has 0 aliphatic carbocycles. The van der Waals surface area contributed by atoms with Gasteiger partial charge in [-0.05, 0) is 17.0 Å². The second-order valence-electron chi connectivity index (χ2n) is 7.18. The van der Waals surface area contributed by atoms with Crippen LogP contribution in [0.2, 0.25) is 0 Å². The van der Waals surface area contributed by atoms with Gasteiger partial charge in [-0.2, -0.15) is 0 Å². The minimum Gasteiger partial charge on any atom is -0.383 e. The van der Waals surface area contributed by atoms with Gasteiger partial charge in [0.2, 0.25) is 0 Å². The van der Waals surface area contributed by atoms with Gasteiger partial charge in [-0.15, -0.1) is 6.58 Å². The fourth-order valence-electron chi connectivity index (χ4n) is 3.58. The summed E-state index contributed by atoms with van der Waals surface area (Å²) in [4.78, 5) is 29.1. The fraction of sp³-hybridized carbons (Fsp3) is 0.429. The Labute approximate surface area is 160 Å². The third-order valence-electron chi connectivity index (χ3n) is 5.11. The summed E-state index contributed by atoms with van der Waals surface area (Å²) >= 11 is 0. The molecule has 0 radical (unpaired) electrons. The van der Waals surface area contributed by atoms with E-state index in [1.807, 2.05) is 12.1 Å². The summed E-state index contributed by atoms with van der Waals surface area (Å²) < 4.78 is 5.12. The highest BCUT2D eigenvalue weighted by molar-refractivity contribution is 6.01. The summed E-state index contributed by atoms with van der Waals surface area (Å²) in [5.74, 6) is 0.379. The lowest BCUT2D eigenvalue weighted by atomic mass is 9.93. The number of benzene rings is 1. The lowest BCUT2D eigenvalue weighted by Gasteiger charge is -2.33. The van der Waals surface area contributed by atoms with Gasteiger partial charge in [0, 0.05) is 20.2 Å². The largest absolute Gasteiger partial charge is 0.383 e. The Hall–Kier alpha value is -2.60. The van der Waals surface area contributed by atoms with E-state index in [0.29, 0.717) is 37.7 Å². The molecule has 0 spiro atoms. The van der Waals surface area contributed by atoms with Crippen molar-refractivity contribution in [2.75, 3.05) is 33.4 Å². The summed E-state index contributed by atoms with van der Waals surface area (Å²) in [5, 5.41) is 3.00.